The van der Waals surface area contributed by atoms with E-state index in [2.05, 4.69) is 6.07 Å². The molecule has 0 heterocycles. The van der Waals surface area contributed by atoms with Gasteiger partial charge in [0.15, 0.2) is 11.5 Å². The second kappa shape index (κ2) is 5.59. The van der Waals surface area contributed by atoms with Crippen LogP contribution in [-0.2, 0) is 12.8 Å². The largest absolute Gasteiger partial charge is 0.493 e. The van der Waals surface area contributed by atoms with Gasteiger partial charge in [-0.3, -0.25) is 0 Å². The summed E-state index contributed by atoms with van der Waals surface area (Å²) in [5.74, 6) is 2.33. The lowest BCUT2D eigenvalue weighted by atomic mass is 9.71. The van der Waals surface area contributed by atoms with Gasteiger partial charge in [0.2, 0.25) is 0 Å². The molecule has 2 aliphatic rings. The Kier molecular flexibility index (Phi) is 4.26. The Balaban J connectivity index is 0.00000133. The second-order valence-electron chi connectivity index (χ2n) is 5.36. The van der Waals surface area contributed by atoms with Crippen molar-refractivity contribution < 1.29 is 9.47 Å². The van der Waals surface area contributed by atoms with E-state index in [1.165, 1.54) is 29.5 Å². The van der Waals surface area contributed by atoms with E-state index in [0.717, 1.165) is 30.8 Å². The van der Waals surface area contributed by atoms with Gasteiger partial charge in [0, 0.05) is 11.6 Å². The van der Waals surface area contributed by atoms with Crippen molar-refractivity contribution in [3.05, 3.63) is 22.8 Å². The van der Waals surface area contributed by atoms with Crippen molar-refractivity contribution in [2.24, 2.45) is 5.73 Å². The van der Waals surface area contributed by atoms with Crippen LogP contribution >= 0.6 is 12.4 Å². The molecule has 2 unspecified atom stereocenters. The van der Waals surface area contributed by atoms with Crippen LogP contribution in [0.1, 0.15) is 41.9 Å². The van der Waals surface area contributed by atoms with Gasteiger partial charge in [-0.05, 0) is 55.2 Å². The van der Waals surface area contributed by atoms with Gasteiger partial charge in [-0.25, -0.2) is 0 Å². The molecule has 2 atom stereocenters. The number of hydrogen-bond donors (Lipinski definition) is 1. The predicted octanol–water partition coefficient (Wildman–Crippen LogP) is 2.82. The Morgan fingerprint density at radius 2 is 1.95 bits per heavy atom. The van der Waals surface area contributed by atoms with Crippen LogP contribution in [0, 0.1) is 0 Å². The van der Waals surface area contributed by atoms with E-state index in [-0.39, 0.29) is 12.4 Å². The highest BCUT2D eigenvalue weighted by Gasteiger charge is 2.34. The summed E-state index contributed by atoms with van der Waals surface area (Å²) in [6.45, 7) is 0. The first-order chi connectivity index (χ1) is 8.76. The van der Waals surface area contributed by atoms with Crippen LogP contribution in [0.15, 0.2) is 6.07 Å². The second-order valence-corrected chi connectivity index (χ2v) is 5.36. The third kappa shape index (κ3) is 2.19. The molecular weight excluding hydrogens is 262 g/mol. The maximum absolute atomic E-state index is 6.30. The summed E-state index contributed by atoms with van der Waals surface area (Å²) < 4.78 is 11.1. The van der Waals surface area contributed by atoms with E-state index in [9.17, 15) is 0 Å². The fourth-order valence-electron chi connectivity index (χ4n) is 3.65. The van der Waals surface area contributed by atoms with Crippen molar-refractivity contribution in [1.29, 1.82) is 0 Å². The molecule has 0 amide bonds. The molecule has 0 aromatic heterocycles. The van der Waals surface area contributed by atoms with Gasteiger partial charge in [-0.15, -0.1) is 12.4 Å². The minimum absolute atomic E-state index is 0. The van der Waals surface area contributed by atoms with Crippen molar-refractivity contribution in [1.82, 2.24) is 0 Å². The molecule has 4 heteroatoms. The molecule has 0 bridgehead atoms. The van der Waals surface area contributed by atoms with Gasteiger partial charge in [0.1, 0.15) is 0 Å². The molecular formula is C15H22ClNO2. The highest BCUT2D eigenvalue weighted by molar-refractivity contribution is 5.85. The molecule has 106 valence electrons. The van der Waals surface area contributed by atoms with Gasteiger partial charge in [-0.1, -0.05) is 0 Å². The van der Waals surface area contributed by atoms with Crippen LogP contribution in [0.4, 0.5) is 0 Å². The van der Waals surface area contributed by atoms with Gasteiger partial charge in [0.25, 0.3) is 0 Å². The highest BCUT2D eigenvalue weighted by atomic mass is 35.5. The molecule has 2 N–H and O–H groups in total. The van der Waals surface area contributed by atoms with E-state index in [1.807, 2.05) is 0 Å². The summed E-state index contributed by atoms with van der Waals surface area (Å²) in [5.41, 5.74) is 10.5. The highest BCUT2D eigenvalue weighted by Crippen LogP contribution is 2.47. The number of benzene rings is 1. The molecule has 1 aromatic carbocycles. The number of ether oxygens (including phenoxy) is 2. The van der Waals surface area contributed by atoms with Crippen molar-refractivity contribution in [2.75, 3.05) is 14.2 Å². The topological polar surface area (TPSA) is 44.5 Å². The summed E-state index contributed by atoms with van der Waals surface area (Å²) in [5, 5.41) is 0. The summed E-state index contributed by atoms with van der Waals surface area (Å²) in [6, 6.07) is 2.47. The summed E-state index contributed by atoms with van der Waals surface area (Å²) in [7, 11) is 3.44. The maximum Gasteiger partial charge on any atom is 0.164 e. The Hall–Kier alpha value is -0.930. The van der Waals surface area contributed by atoms with Crippen LogP contribution in [-0.4, -0.2) is 20.3 Å². The lowest BCUT2D eigenvalue weighted by Crippen LogP contribution is -2.35. The third-order valence-electron chi connectivity index (χ3n) is 4.47. The zero-order valence-electron chi connectivity index (χ0n) is 11.6. The number of hydrogen-bond acceptors (Lipinski definition) is 3. The average molecular weight is 284 g/mol. The van der Waals surface area contributed by atoms with E-state index >= 15 is 0 Å². The summed E-state index contributed by atoms with van der Waals surface area (Å²) in [6.07, 6.45) is 5.67. The monoisotopic (exact) mass is 283 g/mol. The fraction of sp³-hybridized carbons (Fsp3) is 0.600. The Morgan fingerprint density at radius 3 is 2.63 bits per heavy atom. The number of aryl methyl sites for hydroxylation is 1. The lowest BCUT2D eigenvalue weighted by Gasteiger charge is -2.37. The first kappa shape index (κ1) is 14.5. The van der Waals surface area contributed by atoms with Crippen LogP contribution in [0.2, 0.25) is 0 Å². The van der Waals surface area contributed by atoms with Crippen molar-refractivity contribution in [3.8, 4) is 11.5 Å². The quantitative estimate of drug-likeness (QED) is 0.908. The Morgan fingerprint density at radius 1 is 1.16 bits per heavy atom. The van der Waals surface area contributed by atoms with Crippen molar-refractivity contribution in [3.63, 3.8) is 0 Å². The molecule has 2 aliphatic carbocycles. The first-order valence-corrected chi connectivity index (χ1v) is 6.78. The number of rotatable bonds is 2. The first-order valence-electron chi connectivity index (χ1n) is 6.78. The van der Waals surface area contributed by atoms with Crippen molar-refractivity contribution >= 4 is 12.4 Å². The Bertz CT molecular complexity index is 476. The number of nitrogens with two attached hydrogens (primary N) is 1. The molecule has 3 rings (SSSR count). The van der Waals surface area contributed by atoms with Gasteiger partial charge >= 0.3 is 0 Å². The maximum atomic E-state index is 6.30. The van der Waals surface area contributed by atoms with E-state index in [0.29, 0.717) is 12.0 Å². The normalized spacial score (nSPS) is 24.2. The number of halogens is 1. The lowest BCUT2D eigenvalue weighted by molar-refractivity contribution is 0.340. The van der Waals surface area contributed by atoms with Crippen LogP contribution in [0.25, 0.3) is 0 Å². The van der Waals surface area contributed by atoms with E-state index in [1.54, 1.807) is 14.2 Å². The molecule has 0 fully saturated rings. The minimum atomic E-state index is 0. The number of methoxy groups -OCH3 is 2. The van der Waals surface area contributed by atoms with Gasteiger partial charge < -0.3 is 15.2 Å². The molecule has 0 spiro atoms. The zero-order valence-corrected chi connectivity index (χ0v) is 12.4. The molecule has 0 saturated carbocycles. The summed E-state index contributed by atoms with van der Waals surface area (Å²) in [4.78, 5) is 0. The van der Waals surface area contributed by atoms with Crippen LogP contribution in [0.3, 0.4) is 0 Å². The Labute approximate surface area is 120 Å². The predicted molar refractivity (Wildman–Crippen MR) is 78.8 cm³/mol. The average Bonchev–Trinajstić information content (AvgIpc) is 2.42. The summed E-state index contributed by atoms with van der Waals surface area (Å²) >= 11 is 0. The smallest absolute Gasteiger partial charge is 0.164 e. The molecule has 0 radical (unpaired) electrons. The zero-order chi connectivity index (χ0) is 12.7. The van der Waals surface area contributed by atoms with Crippen LogP contribution < -0.4 is 15.2 Å². The molecule has 3 nitrogen and oxygen atoms in total. The standard InChI is InChI=1S/C15H21NO2.ClH/c1-17-13-8-9-6-7-12(16)10-4-3-5-11(14(9)10)15(13)18-2;/h8,10,12H,3-7,16H2,1-2H3;1H. The molecule has 1 aromatic rings. The van der Waals surface area contributed by atoms with Crippen molar-refractivity contribution in [2.45, 2.75) is 44.1 Å². The van der Waals surface area contributed by atoms with E-state index in [4.69, 9.17) is 15.2 Å². The minimum Gasteiger partial charge on any atom is -0.493 e. The van der Waals surface area contributed by atoms with Gasteiger partial charge in [0.05, 0.1) is 14.2 Å². The SMILES string of the molecule is COc1cc2c3c(c1OC)CCCC3C(N)CC2.Cl. The van der Waals surface area contributed by atoms with Crippen LogP contribution in [0.5, 0.6) is 11.5 Å². The molecule has 0 saturated heterocycles. The third-order valence-corrected chi connectivity index (χ3v) is 4.47. The molecule has 19 heavy (non-hydrogen) atoms. The van der Waals surface area contributed by atoms with E-state index < -0.39 is 0 Å². The van der Waals surface area contributed by atoms with Gasteiger partial charge in [-0.2, -0.15) is 0 Å². The fourth-order valence-corrected chi connectivity index (χ4v) is 3.65. The molecule has 0 aliphatic heterocycles.